The van der Waals surface area contributed by atoms with Crippen LogP contribution >= 0.6 is 35.0 Å². The molecule has 2 aromatic carbocycles. The Labute approximate surface area is 177 Å². The van der Waals surface area contributed by atoms with Crippen LogP contribution in [-0.4, -0.2) is 42.3 Å². The standard InChI is InChI=1S/C19H16Cl2N2O3S2/c20-13-3-1-12(2-4-13)9-18(24)22-19-23(15-7-5-14(21)6-8-15)16-10-28(25,26)11-17(16)27-19/h1-8,16-17H,9-11H2/t16-,17-/m0/s1. The first-order valence-electron chi connectivity index (χ1n) is 8.58. The maximum atomic E-state index is 12.5. The highest BCUT2D eigenvalue weighted by atomic mass is 35.5. The van der Waals surface area contributed by atoms with E-state index in [-0.39, 0.29) is 35.1 Å². The lowest BCUT2D eigenvalue weighted by atomic mass is 10.1. The summed E-state index contributed by atoms with van der Waals surface area (Å²) >= 11 is 13.2. The van der Waals surface area contributed by atoms with Crippen LogP contribution in [0.3, 0.4) is 0 Å². The third-order valence-electron chi connectivity index (χ3n) is 4.66. The van der Waals surface area contributed by atoms with E-state index in [0.29, 0.717) is 15.2 Å². The minimum atomic E-state index is -3.10. The maximum absolute atomic E-state index is 12.5. The van der Waals surface area contributed by atoms with Gasteiger partial charge in [-0.05, 0) is 42.0 Å². The number of nitrogens with zero attached hydrogens (tertiary/aromatic N) is 2. The number of rotatable bonds is 3. The summed E-state index contributed by atoms with van der Waals surface area (Å²) in [7, 11) is -3.10. The summed E-state index contributed by atoms with van der Waals surface area (Å²) in [6, 6.07) is 13.9. The Balaban J connectivity index is 1.62. The van der Waals surface area contributed by atoms with E-state index in [2.05, 4.69) is 4.99 Å². The molecule has 0 N–H and O–H groups in total. The molecule has 0 aliphatic carbocycles. The quantitative estimate of drug-likeness (QED) is 0.704. The lowest BCUT2D eigenvalue weighted by Gasteiger charge is -2.24. The fraction of sp³-hybridized carbons (Fsp3) is 0.263. The van der Waals surface area contributed by atoms with Gasteiger partial charge < -0.3 is 4.90 Å². The van der Waals surface area contributed by atoms with Crippen molar-refractivity contribution in [1.82, 2.24) is 0 Å². The molecule has 0 spiro atoms. The molecule has 0 aromatic heterocycles. The maximum Gasteiger partial charge on any atom is 0.252 e. The molecule has 0 saturated carbocycles. The Bertz CT molecular complexity index is 1040. The number of hydrogen-bond donors (Lipinski definition) is 0. The molecule has 9 heteroatoms. The number of fused-ring (bicyclic) bond motifs is 1. The average molecular weight is 455 g/mol. The Morgan fingerprint density at radius 1 is 1.04 bits per heavy atom. The Morgan fingerprint density at radius 3 is 2.29 bits per heavy atom. The summed E-state index contributed by atoms with van der Waals surface area (Å²) < 4.78 is 24.2. The normalized spacial score (nSPS) is 24.5. The molecule has 1 amide bonds. The molecule has 2 heterocycles. The van der Waals surface area contributed by atoms with Crippen LogP contribution in [0.15, 0.2) is 53.5 Å². The number of amidine groups is 1. The number of halogens is 2. The Hall–Kier alpha value is -1.54. The number of thioether (sulfide) groups is 1. The number of anilines is 1. The number of aliphatic imine (C=N–C) groups is 1. The SMILES string of the molecule is O=C(Cc1ccc(Cl)cc1)N=C1S[C@H]2CS(=O)(=O)C[C@@H]2N1c1ccc(Cl)cc1. The van der Waals surface area contributed by atoms with Gasteiger partial charge in [-0.2, -0.15) is 4.99 Å². The summed E-state index contributed by atoms with van der Waals surface area (Å²) in [4.78, 5) is 18.7. The van der Waals surface area contributed by atoms with E-state index in [1.54, 1.807) is 36.4 Å². The van der Waals surface area contributed by atoms with Crippen LogP contribution in [0.4, 0.5) is 5.69 Å². The molecule has 2 aliphatic heterocycles. The lowest BCUT2D eigenvalue weighted by Crippen LogP contribution is -2.37. The Kier molecular flexibility index (Phi) is 5.44. The fourth-order valence-corrected chi connectivity index (χ4v) is 7.57. The van der Waals surface area contributed by atoms with E-state index in [1.807, 2.05) is 17.0 Å². The van der Waals surface area contributed by atoms with Gasteiger partial charge in [-0.15, -0.1) is 0 Å². The van der Waals surface area contributed by atoms with E-state index in [4.69, 9.17) is 23.2 Å². The third-order valence-corrected chi connectivity index (χ3v) is 8.37. The van der Waals surface area contributed by atoms with Crippen molar-refractivity contribution in [3.05, 3.63) is 64.1 Å². The summed E-state index contributed by atoms with van der Waals surface area (Å²) in [5.74, 6) is -0.138. The van der Waals surface area contributed by atoms with Crippen molar-refractivity contribution in [3.63, 3.8) is 0 Å². The van der Waals surface area contributed by atoms with E-state index < -0.39 is 9.84 Å². The molecule has 2 saturated heterocycles. The van der Waals surface area contributed by atoms with Crippen LogP contribution in [0.25, 0.3) is 0 Å². The van der Waals surface area contributed by atoms with Gasteiger partial charge in [0.15, 0.2) is 15.0 Å². The molecule has 4 rings (SSSR count). The largest absolute Gasteiger partial charge is 0.316 e. The van der Waals surface area contributed by atoms with Crippen LogP contribution in [0.5, 0.6) is 0 Å². The zero-order valence-corrected chi connectivity index (χ0v) is 17.7. The smallest absolute Gasteiger partial charge is 0.252 e. The van der Waals surface area contributed by atoms with Gasteiger partial charge in [0, 0.05) is 21.0 Å². The van der Waals surface area contributed by atoms with Crippen LogP contribution < -0.4 is 4.90 Å². The van der Waals surface area contributed by atoms with Crippen molar-refractivity contribution in [3.8, 4) is 0 Å². The fourth-order valence-electron chi connectivity index (χ4n) is 3.39. The summed E-state index contributed by atoms with van der Waals surface area (Å²) in [5, 5.41) is 1.59. The second kappa shape index (κ2) is 7.71. The minimum absolute atomic E-state index is 0.0533. The molecule has 2 aliphatic rings. The van der Waals surface area contributed by atoms with E-state index in [0.717, 1.165) is 11.3 Å². The number of benzene rings is 2. The lowest BCUT2D eigenvalue weighted by molar-refractivity contribution is -0.117. The number of sulfone groups is 1. The van der Waals surface area contributed by atoms with Gasteiger partial charge in [0.05, 0.1) is 24.0 Å². The third kappa shape index (κ3) is 4.22. The van der Waals surface area contributed by atoms with Crippen molar-refractivity contribution in [2.24, 2.45) is 4.99 Å². The molecule has 2 fully saturated rings. The predicted octanol–water partition coefficient (Wildman–Crippen LogP) is 3.84. The summed E-state index contributed by atoms with van der Waals surface area (Å²) in [6.45, 7) is 0. The molecular weight excluding hydrogens is 439 g/mol. The zero-order valence-electron chi connectivity index (χ0n) is 14.6. The van der Waals surface area contributed by atoms with Crippen molar-refractivity contribution in [2.45, 2.75) is 17.7 Å². The highest BCUT2D eigenvalue weighted by Crippen LogP contribution is 2.41. The molecule has 5 nitrogen and oxygen atoms in total. The number of amides is 1. The van der Waals surface area contributed by atoms with Crippen LogP contribution in [0.2, 0.25) is 10.0 Å². The van der Waals surface area contributed by atoms with E-state index in [1.165, 1.54) is 11.8 Å². The van der Waals surface area contributed by atoms with Crippen molar-refractivity contribution in [1.29, 1.82) is 0 Å². The molecule has 0 bridgehead atoms. The number of hydrogen-bond acceptors (Lipinski definition) is 4. The van der Waals surface area contributed by atoms with Gasteiger partial charge in [0.1, 0.15) is 0 Å². The second-order valence-corrected chi connectivity index (χ2v) is 11.0. The molecule has 2 aromatic rings. The Morgan fingerprint density at radius 2 is 1.64 bits per heavy atom. The van der Waals surface area contributed by atoms with Gasteiger partial charge in [0.2, 0.25) is 0 Å². The second-order valence-electron chi connectivity index (χ2n) is 6.74. The summed E-state index contributed by atoms with van der Waals surface area (Å²) in [5.41, 5.74) is 1.60. The van der Waals surface area contributed by atoms with Crippen molar-refractivity contribution in [2.75, 3.05) is 16.4 Å². The topological polar surface area (TPSA) is 66.8 Å². The van der Waals surface area contributed by atoms with Crippen LogP contribution in [-0.2, 0) is 21.1 Å². The zero-order chi connectivity index (χ0) is 19.9. The van der Waals surface area contributed by atoms with Crippen molar-refractivity contribution < 1.29 is 13.2 Å². The van der Waals surface area contributed by atoms with E-state index in [9.17, 15) is 13.2 Å². The van der Waals surface area contributed by atoms with Gasteiger partial charge in [-0.25, -0.2) is 8.42 Å². The minimum Gasteiger partial charge on any atom is -0.316 e. The molecule has 28 heavy (non-hydrogen) atoms. The van der Waals surface area contributed by atoms with Crippen LogP contribution in [0.1, 0.15) is 5.56 Å². The monoisotopic (exact) mass is 454 g/mol. The van der Waals surface area contributed by atoms with Crippen LogP contribution in [0, 0.1) is 0 Å². The predicted molar refractivity (Wildman–Crippen MR) is 115 cm³/mol. The van der Waals surface area contributed by atoms with Gasteiger partial charge in [0.25, 0.3) is 5.91 Å². The number of carbonyl (C=O) groups excluding carboxylic acids is 1. The van der Waals surface area contributed by atoms with Gasteiger partial charge in [-0.3, -0.25) is 4.79 Å². The first-order chi connectivity index (χ1) is 13.3. The molecule has 0 radical (unpaired) electrons. The molecular formula is C19H16Cl2N2O3S2. The van der Waals surface area contributed by atoms with Gasteiger partial charge in [-0.1, -0.05) is 47.1 Å². The first-order valence-corrected chi connectivity index (χ1v) is 12.0. The van der Waals surface area contributed by atoms with Gasteiger partial charge >= 0.3 is 0 Å². The number of carbonyl (C=O) groups is 1. The highest BCUT2D eigenvalue weighted by Gasteiger charge is 2.49. The molecule has 0 unspecified atom stereocenters. The van der Waals surface area contributed by atoms with E-state index >= 15 is 0 Å². The molecule has 2 atom stereocenters. The first kappa shape index (κ1) is 19.8. The molecule has 146 valence electrons. The van der Waals surface area contributed by atoms with Crippen molar-refractivity contribution >= 4 is 61.6 Å². The average Bonchev–Trinajstić information content (AvgIpc) is 3.09. The highest BCUT2D eigenvalue weighted by molar-refractivity contribution is 8.16. The summed E-state index contributed by atoms with van der Waals surface area (Å²) in [6.07, 6.45) is 0.156.